The molecule has 0 bridgehead atoms. The van der Waals surface area contributed by atoms with E-state index in [1.54, 1.807) is 6.20 Å². The van der Waals surface area contributed by atoms with Gasteiger partial charge in [0.05, 0.1) is 12.2 Å². The summed E-state index contributed by atoms with van der Waals surface area (Å²) in [5.74, 6) is -0.105. The van der Waals surface area contributed by atoms with E-state index >= 15 is 0 Å². The predicted molar refractivity (Wildman–Crippen MR) is 87.6 cm³/mol. The van der Waals surface area contributed by atoms with E-state index in [2.05, 4.69) is 10.3 Å². The van der Waals surface area contributed by atoms with Gasteiger partial charge in [-0.3, -0.25) is 15.3 Å². The van der Waals surface area contributed by atoms with Crippen LogP contribution in [0.2, 0.25) is 0 Å². The van der Waals surface area contributed by atoms with Crippen molar-refractivity contribution in [1.29, 1.82) is 5.41 Å². The minimum absolute atomic E-state index is 0.105. The molecule has 1 aromatic carbocycles. The van der Waals surface area contributed by atoms with Crippen LogP contribution in [0.15, 0.2) is 54.7 Å². The second-order valence-corrected chi connectivity index (χ2v) is 4.82. The molecule has 108 valence electrons. The number of guanidine groups is 1. The smallest absolute Gasteiger partial charge is 0.195 e. The summed E-state index contributed by atoms with van der Waals surface area (Å²) in [6, 6.07) is 15.5. The number of pyridine rings is 1. The summed E-state index contributed by atoms with van der Waals surface area (Å²) in [6.45, 7) is 0.961. The van der Waals surface area contributed by atoms with Gasteiger partial charge in [-0.1, -0.05) is 36.4 Å². The Balaban J connectivity index is 1.98. The first-order valence-electron chi connectivity index (χ1n) is 6.50. The first kappa shape index (κ1) is 14.9. The summed E-state index contributed by atoms with van der Waals surface area (Å²) in [6.07, 6.45) is 1.70. The molecule has 2 rings (SSSR count). The molecule has 6 heteroatoms. The fourth-order valence-electron chi connectivity index (χ4n) is 1.79. The molecule has 0 fully saturated rings. The quantitative estimate of drug-likeness (QED) is 0.456. The molecule has 0 atom stereocenters. The Bertz CT molecular complexity index is 600. The van der Waals surface area contributed by atoms with E-state index in [1.165, 1.54) is 4.90 Å². The maximum Gasteiger partial charge on any atom is 0.195 e. The standard InChI is InChI=1S/C15H17N5S/c16-14(17)20(11-13-8-4-5-9-18-13)15(21)19-10-12-6-2-1-3-7-12/h1-9H,10-11H2,(H3,16,17)(H,19,21). The zero-order valence-electron chi connectivity index (χ0n) is 11.5. The van der Waals surface area contributed by atoms with Crippen molar-refractivity contribution in [2.45, 2.75) is 13.1 Å². The van der Waals surface area contributed by atoms with Crippen molar-refractivity contribution in [3.63, 3.8) is 0 Å². The third-order valence-corrected chi connectivity index (χ3v) is 3.23. The summed E-state index contributed by atoms with van der Waals surface area (Å²) < 4.78 is 0. The molecular weight excluding hydrogens is 282 g/mol. The molecule has 0 aliphatic carbocycles. The number of thiocarbonyl (C=S) groups is 1. The third kappa shape index (κ3) is 4.54. The number of benzene rings is 1. The van der Waals surface area contributed by atoms with Gasteiger partial charge in [0, 0.05) is 12.7 Å². The molecule has 0 unspecified atom stereocenters. The van der Waals surface area contributed by atoms with Crippen molar-refractivity contribution in [1.82, 2.24) is 15.2 Å². The van der Waals surface area contributed by atoms with Crippen LogP contribution in [0.5, 0.6) is 0 Å². The van der Waals surface area contributed by atoms with Gasteiger partial charge in [0.2, 0.25) is 0 Å². The lowest BCUT2D eigenvalue weighted by molar-refractivity contribution is 0.565. The molecule has 4 N–H and O–H groups in total. The summed E-state index contributed by atoms with van der Waals surface area (Å²) in [7, 11) is 0. The summed E-state index contributed by atoms with van der Waals surface area (Å²) in [5.41, 5.74) is 7.52. The van der Waals surface area contributed by atoms with Crippen LogP contribution in [0.3, 0.4) is 0 Å². The van der Waals surface area contributed by atoms with Crippen LogP contribution in [0.4, 0.5) is 0 Å². The predicted octanol–water partition coefficient (Wildman–Crippen LogP) is 1.85. The first-order chi connectivity index (χ1) is 10.2. The van der Waals surface area contributed by atoms with Crippen LogP contribution in [0.25, 0.3) is 0 Å². The summed E-state index contributed by atoms with van der Waals surface area (Å²) >= 11 is 5.32. The highest BCUT2D eigenvalue weighted by Crippen LogP contribution is 2.03. The van der Waals surface area contributed by atoms with Crippen LogP contribution in [-0.4, -0.2) is 21.0 Å². The molecule has 0 aliphatic heterocycles. The van der Waals surface area contributed by atoms with E-state index in [4.69, 9.17) is 23.4 Å². The minimum Gasteiger partial charge on any atom is -0.370 e. The molecule has 0 radical (unpaired) electrons. The van der Waals surface area contributed by atoms with E-state index in [9.17, 15) is 0 Å². The average Bonchev–Trinajstić information content (AvgIpc) is 2.52. The van der Waals surface area contributed by atoms with Crippen LogP contribution in [0, 0.1) is 5.41 Å². The fourth-order valence-corrected chi connectivity index (χ4v) is 2.02. The van der Waals surface area contributed by atoms with Crippen molar-refractivity contribution >= 4 is 23.3 Å². The van der Waals surface area contributed by atoms with Crippen LogP contribution >= 0.6 is 12.2 Å². The maximum absolute atomic E-state index is 7.66. The number of nitrogens with zero attached hydrogens (tertiary/aromatic N) is 2. The van der Waals surface area contributed by atoms with Gasteiger partial charge in [0.15, 0.2) is 11.1 Å². The monoisotopic (exact) mass is 299 g/mol. The molecule has 0 aliphatic rings. The van der Waals surface area contributed by atoms with Crippen molar-refractivity contribution in [2.75, 3.05) is 0 Å². The number of rotatable bonds is 4. The molecule has 0 amide bonds. The number of nitrogens with two attached hydrogens (primary N) is 1. The SMILES string of the molecule is N=C(N)N(Cc1ccccn1)C(=S)NCc1ccccc1. The van der Waals surface area contributed by atoms with Crippen molar-refractivity contribution in [3.05, 3.63) is 66.0 Å². The molecule has 5 nitrogen and oxygen atoms in total. The van der Waals surface area contributed by atoms with Gasteiger partial charge in [-0.05, 0) is 29.9 Å². The van der Waals surface area contributed by atoms with Crippen LogP contribution in [-0.2, 0) is 13.1 Å². The molecule has 21 heavy (non-hydrogen) atoms. The second-order valence-electron chi connectivity index (χ2n) is 4.44. The van der Waals surface area contributed by atoms with Gasteiger partial charge >= 0.3 is 0 Å². The molecule has 1 heterocycles. The number of nitrogens with one attached hydrogen (secondary N) is 2. The Labute approximate surface area is 129 Å². The zero-order chi connectivity index (χ0) is 15.1. The number of aromatic nitrogens is 1. The van der Waals surface area contributed by atoms with Crippen LogP contribution < -0.4 is 11.1 Å². The summed E-state index contributed by atoms with van der Waals surface area (Å²) in [5, 5.41) is 11.2. The number of hydrogen-bond donors (Lipinski definition) is 3. The lowest BCUT2D eigenvalue weighted by atomic mass is 10.2. The van der Waals surface area contributed by atoms with Crippen molar-refractivity contribution in [2.24, 2.45) is 5.73 Å². The molecule has 2 aromatic rings. The summed E-state index contributed by atoms with van der Waals surface area (Å²) in [4.78, 5) is 5.73. The normalized spacial score (nSPS) is 9.90. The minimum atomic E-state index is -0.105. The molecule has 0 saturated carbocycles. The lowest BCUT2D eigenvalue weighted by Crippen LogP contribution is -2.46. The fraction of sp³-hybridized carbons (Fsp3) is 0.133. The molecular formula is C15H17N5S. The van der Waals surface area contributed by atoms with Gasteiger partial charge in [-0.25, -0.2) is 0 Å². The lowest BCUT2D eigenvalue weighted by Gasteiger charge is -2.23. The number of hydrogen-bond acceptors (Lipinski definition) is 3. The van der Waals surface area contributed by atoms with E-state index in [-0.39, 0.29) is 5.96 Å². The van der Waals surface area contributed by atoms with E-state index in [1.807, 2.05) is 48.5 Å². The topological polar surface area (TPSA) is 78.0 Å². The van der Waals surface area contributed by atoms with Crippen LogP contribution in [0.1, 0.15) is 11.3 Å². The maximum atomic E-state index is 7.66. The Kier molecular flexibility index (Phi) is 5.22. The average molecular weight is 299 g/mol. The Morgan fingerprint density at radius 3 is 2.52 bits per heavy atom. The zero-order valence-corrected chi connectivity index (χ0v) is 12.3. The van der Waals surface area contributed by atoms with Gasteiger partial charge in [-0.2, -0.15) is 0 Å². The molecule has 0 spiro atoms. The largest absolute Gasteiger partial charge is 0.370 e. The van der Waals surface area contributed by atoms with Gasteiger partial charge in [-0.15, -0.1) is 0 Å². The van der Waals surface area contributed by atoms with E-state index in [0.29, 0.717) is 18.2 Å². The van der Waals surface area contributed by atoms with Gasteiger partial charge in [0.1, 0.15) is 0 Å². The molecule has 1 aromatic heterocycles. The van der Waals surface area contributed by atoms with Gasteiger partial charge in [0.25, 0.3) is 0 Å². The van der Waals surface area contributed by atoms with Gasteiger partial charge < -0.3 is 11.1 Å². The Morgan fingerprint density at radius 2 is 1.90 bits per heavy atom. The van der Waals surface area contributed by atoms with E-state index < -0.39 is 0 Å². The highest BCUT2D eigenvalue weighted by Gasteiger charge is 2.13. The van der Waals surface area contributed by atoms with E-state index in [0.717, 1.165) is 11.3 Å². The highest BCUT2D eigenvalue weighted by molar-refractivity contribution is 7.80. The Hall–Kier alpha value is -2.47. The molecule has 0 saturated heterocycles. The Morgan fingerprint density at radius 1 is 1.19 bits per heavy atom. The third-order valence-electron chi connectivity index (χ3n) is 2.87. The van der Waals surface area contributed by atoms with Crippen molar-refractivity contribution < 1.29 is 0 Å². The second kappa shape index (κ2) is 7.35. The highest BCUT2D eigenvalue weighted by atomic mass is 32.1. The van der Waals surface area contributed by atoms with Crippen molar-refractivity contribution in [3.8, 4) is 0 Å². The first-order valence-corrected chi connectivity index (χ1v) is 6.91.